The fourth-order valence-electron chi connectivity index (χ4n) is 2.81. The van der Waals surface area contributed by atoms with Gasteiger partial charge >= 0.3 is 5.69 Å². The topological polar surface area (TPSA) is 81.2 Å². The molecule has 1 aromatic heterocycles. The third kappa shape index (κ3) is 3.19. The van der Waals surface area contributed by atoms with Crippen molar-refractivity contribution in [3.8, 4) is 0 Å². The Kier molecular flexibility index (Phi) is 5.00. The highest BCUT2D eigenvalue weighted by Gasteiger charge is 2.25. The molecule has 1 atom stereocenters. The Bertz CT molecular complexity index is 1010. The van der Waals surface area contributed by atoms with Gasteiger partial charge in [0.2, 0.25) is 0 Å². The van der Waals surface area contributed by atoms with Gasteiger partial charge in [-0.15, -0.1) is 6.58 Å². The third-order valence-corrected chi connectivity index (χ3v) is 4.95. The third-order valence-electron chi connectivity index (χ3n) is 4.17. The van der Waals surface area contributed by atoms with E-state index >= 15 is 0 Å². The number of aliphatic hydroxyl groups is 1. The number of fused-ring (bicyclic) bond motifs is 1. The maximum atomic E-state index is 11.4. The number of rotatable bonds is 5. The Morgan fingerprint density at radius 2 is 2.04 bits per heavy atom. The summed E-state index contributed by atoms with van der Waals surface area (Å²) in [4.78, 5) is 15.1. The standard InChI is InChI=1S/C18H15Cl2N3O3/c1-3-15(24)12-6-4-11(5-7-12)9-22-10(2)21-17-14(22)8-13(19)16(20)18(17)23(25)26/h3-8,15,24H,1,9H2,2H3. The van der Waals surface area contributed by atoms with Crippen molar-refractivity contribution in [2.24, 2.45) is 0 Å². The first kappa shape index (κ1) is 18.4. The van der Waals surface area contributed by atoms with E-state index in [-0.39, 0.29) is 21.2 Å². The van der Waals surface area contributed by atoms with Crippen LogP contribution in [0.4, 0.5) is 5.69 Å². The Morgan fingerprint density at radius 3 is 2.62 bits per heavy atom. The number of benzene rings is 2. The molecule has 0 aliphatic carbocycles. The zero-order valence-corrected chi connectivity index (χ0v) is 15.3. The fraction of sp³-hybridized carbons (Fsp3) is 0.167. The lowest BCUT2D eigenvalue weighted by molar-refractivity contribution is -0.383. The van der Waals surface area contributed by atoms with E-state index in [1.807, 2.05) is 28.8 Å². The maximum Gasteiger partial charge on any atom is 0.317 e. The molecule has 1 heterocycles. The van der Waals surface area contributed by atoms with Crippen LogP contribution in [0.1, 0.15) is 23.1 Å². The van der Waals surface area contributed by atoms with Crippen LogP contribution in [-0.4, -0.2) is 19.6 Å². The normalized spacial score (nSPS) is 12.3. The van der Waals surface area contributed by atoms with Crippen LogP contribution in [0.2, 0.25) is 10.0 Å². The molecule has 3 rings (SSSR count). The molecule has 26 heavy (non-hydrogen) atoms. The van der Waals surface area contributed by atoms with Gasteiger partial charge in [0.25, 0.3) is 0 Å². The van der Waals surface area contributed by atoms with E-state index in [0.717, 1.165) is 11.1 Å². The Morgan fingerprint density at radius 1 is 1.38 bits per heavy atom. The molecule has 3 aromatic rings. The second-order valence-electron chi connectivity index (χ2n) is 5.81. The van der Waals surface area contributed by atoms with Crippen LogP contribution in [0.15, 0.2) is 43.0 Å². The van der Waals surface area contributed by atoms with Gasteiger partial charge in [-0.05, 0) is 24.1 Å². The van der Waals surface area contributed by atoms with Gasteiger partial charge in [-0.25, -0.2) is 4.98 Å². The predicted molar refractivity (Wildman–Crippen MR) is 102 cm³/mol. The van der Waals surface area contributed by atoms with Crippen LogP contribution in [0, 0.1) is 17.0 Å². The molecule has 0 bridgehead atoms. The predicted octanol–water partition coefficient (Wildman–Crippen LogP) is 4.83. The smallest absolute Gasteiger partial charge is 0.317 e. The zero-order valence-electron chi connectivity index (χ0n) is 13.8. The van der Waals surface area contributed by atoms with Gasteiger partial charge in [-0.3, -0.25) is 10.1 Å². The molecule has 0 saturated carbocycles. The van der Waals surface area contributed by atoms with E-state index in [9.17, 15) is 15.2 Å². The highest BCUT2D eigenvalue weighted by Crippen LogP contribution is 2.38. The number of aliphatic hydroxyl groups excluding tert-OH is 1. The van der Waals surface area contributed by atoms with Crippen LogP contribution < -0.4 is 0 Å². The molecule has 0 aliphatic rings. The monoisotopic (exact) mass is 391 g/mol. The summed E-state index contributed by atoms with van der Waals surface area (Å²) >= 11 is 12.1. The number of aromatic nitrogens is 2. The SMILES string of the molecule is C=CC(O)c1ccc(Cn2c(C)nc3c([N+](=O)[O-])c(Cl)c(Cl)cc32)cc1. The second-order valence-corrected chi connectivity index (χ2v) is 6.60. The molecule has 1 unspecified atom stereocenters. The number of aryl methyl sites for hydroxylation is 1. The molecular formula is C18H15Cl2N3O3. The van der Waals surface area contributed by atoms with Gasteiger partial charge in [-0.1, -0.05) is 53.5 Å². The van der Waals surface area contributed by atoms with Crippen molar-refractivity contribution in [1.82, 2.24) is 9.55 Å². The van der Waals surface area contributed by atoms with E-state index in [1.165, 1.54) is 6.08 Å². The molecule has 0 amide bonds. The molecular weight excluding hydrogens is 377 g/mol. The van der Waals surface area contributed by atoms with Crippen LogP contribution in [0.25, 0.3) is 11.0 Å². The minimum Gasteiger partial charge on any atom is -0.384 e. The number of imidazole rings is 1. The lowest BCUT2D eigenvalue weighted by Gasteiger charge is -2.10. The number of hydrogen-bond acceptors (Lipinski definition) is 4. The van der Waals surface area contributed by atoms with Crippen molar-refractivity contribution in [2.45, 2.75) is 19.6 Å². The van der Waals surface area contributed by atoms with Crippen molar-refractivity contribution in [3.63, 3.8) is 0 Å². The minimum atomic E-state index is -0.719. The van der Waals surface area contributed by atoms with Gasteiger partial charge in [0, 0.05) is 6.54 Å². The van der Waals surface area contributed by atoms with Crippen molar-refractivity contribution in [2.75, 3.05) is 0 Å². The van der Waals surface area contributed by atoms with E-state index in [2.05, 4.69) is 11.6 Å². The molecule has 6 nitrogen and oxygen atoms in total. The summed E-state index contributed by atoms with van der Waals surface area (Å²) in [6.45, 7) is 5.77. The highest BCUT2D eigenvalue weighted by molar-refractivity contribution is 6.44. The van der Waals surface area contributed by atoms with E-state index in [1.54, 1.807) is 13.0 Å². The summed E-state index contributed by atoms with van der Waals surface area (Å²) in [7, 11) is 0. The Balaban J connectivity index is 2.07. The van der Waals surface area contributed by atoms with Crippen LogP contribution in [0.3, 0.4) is 0 Å². The quantitative estimate of drug-likeness (QED) is 0.383. The van der Waals surface area contributed by atoms with Gasteiger partial charge in [0.05, 0.1) is 21.6 Å². The molecule has 0 fully saturated rings. The lowest BCUT2D eigenvalue weighted by atomic mass is 10.1. The van der Waals surface area contributed by atoms with E-state index in [4.69, 9.17) is 23.2 Å². The average molecular weight is 392 g/mol. The van der Waals surface area contributed by atoms with Crippen LogP contribution >= 0.6 is 23.2 Å². The van der Waals surface area contributed by atoms with Gasteiger partial charge in [0.1, 0.15) is 10.8 Å². The number of hydrogen-bond donors (Lipinski definition) is 1. The lowest BCUT2D eigenvalue weighted by Crippen LogP contribution is -2.03. The molecule has 1 N–H and O–H groups in total. The largest absolute Gasteiger partial charge is 0.384 e. The van der Waals surface area contributed by atoms with Crippen molar-refractivity contribution < 1.29 is 10.0 Å². The summed E-state index contributed by atoms with van der Waals surface area (Å²) in [6.07, 6.45) is 0.733. The molecule has 0 aliphatic heterocycles. The van der Waals surface area contributed by atoms with E-state index < -0.39 is 11.0 Å². The number of nitrogens with zero attached hydrogens (tertiary/aromatic N) is 3. The number of halogens is 2. The molecule has 0 radical (unpaired) electrons. The molecule has 134 valence electrons. The van der Waals surface area contributed by atoms with Crippen molar-refractivity contribution >= 4 is 39.9 Å². The zero-order chi connectivity index (χ0) is 19.0. The van der Waals surface area contributed by atoms with E-state index in [0.29, 0.717) is 17.9 Å². The average Bonchev–Trinajstić information content (AvgIpc) is 2.90. The Hall–Kier alpha value is -2.41. The summed E-state index contributed by atoms with van der Waals surface area (Å²) in [5.74, 6) is 0.608. The summed E-state index contributed by atoms with van der Waals surface area (Å²) in [5, 5.41) is 21.1. The fourth-order valence-corrected chi connectivity index (χ4v) is 3.21. The summed E-state index contributed by atoms with van der Waals surface area (Å²) in [5.41, 5.74) is 2.14. The first-order chi connectivity index (χ1) is 12.3. The second kappa shape index (κ2) is 7.07. The molecule has 0 spiro atoms. The van der Waals surface area contributed by atoms with Crippen LogP contribution in [0.5, 0.6) is 0 Å². The summed E-state index contributed by atoms with van der Waals surface area (Å²) < 4.78 is 1.84. The van der Waals surface area contributed by atoms with Gasteiger partial charge < -0.3 is 9.67 Å². The number of nitro benzene ring substituents is 1. The molecule has 8 heteroatoms. The maximum absolute atomic E-state index is 11.4. The number of nitro groups is 1. The van der Waals surface area contributed by atoms with Crippen molar-refractivity contribution in [1.29, 1.82) is 0 Å². The van der Waals surface area contributed by atoms with Gasteiger partial charge in [-0.2, -0.15) is 0 Å². The summed E-state index contributed by atoms with van der Waals surface area (Å²) in [6, 6.07) is 8.95. The highest BCUT2D eigenvalue weighted by atomic mass is 35.5. The molecule has 0 saturated heterocycles. The van der Waals surface area contributed by atoms with Crippen molar-refractivity contribution in [3.05, 3.63) is 80.1 Å². The first-order valence-corrected chi connectivity index (χ1v) is 8.47. The minimum absolute atomic E-state index is 0.108. The first-order valence-electron chi connectivity index (χ1n) is 7.72. The van der Waals surface area contributed by atoms with Crippen LogP contribution in [-0.2, 0) is 6.54 Å². The Labute approximate surface area is 159 Å². The molecule has 2 aromatic carbocycles. The van der Waals surface area contributed by atoms with Gasteiger partial charge in [0.15, 0.2) is 5.52 Å².